The topological polar surface area (TPSA) is 44.8 Å². The van der Waals surface area contributed by atoms with Gasteiger partial charge in [-0.3, -0.25) is 0 Å². The first-order valence-corrected chi connectivity index (χ1v) is 7.87. The maximum absolute atomic E-state index is 12.1. The van der Waals surface area contributed by atoms with Crippen molar-refractivity contribution in [3.8, 4) is 11.5 Å². The quantitative estimate of drug-likeness (QED) is 0.634. The first kappa shape index (κ1) is 14.6. The second-order valence-electron chi connectivity index (χ2n) is 5.66. The van der Waals surface area contributed by atoms with Crippen LogP contribution in [0.25, 0.3) is 11.8 Å². The Kier molecular flexibility index (Phi) is 3.58. The molecule has 4 rings (SSSR count). The van der Waals surface area contributed by atoms with Crippen LogP contribution in [0, 0.1) is 0 Å². The molecule has 0 aliphatic carbocycles. The van der Waals surface area contributed by atoms with Gasteiger partial charge in [-0.1, -0.05) is 37.3 Å². The molecule has 0 saturated carbocycles. The summed E-state index contributed by atoms with van der Waals surface area (Å²) in [4.78, 5) is 12.1. The number of benzene rings is 2. The summed E-state index contributed by atoms with van der Waals surface area (Å²) in [5.41, 5.74) is 3.53. The number of esters is 1. The molecular formula is C20H16O4. The molecule has 0 fully saturated rings. The van der Waals surface area contributed by atoms with Gasteiger partial charge in [0.2, 0.25) is 6.79 Å². The van der Waals surface area contributed by atoms with Crippen molar-refractivity contribution in [2.75, 3.05) is 6.79 Å². The van der Waals surface area contributed by atoms with Gasteiger partial charge in [0.05, 0.1) is 5.57 Å². The lowest BCUT2D eigenvalue weighted by Crippen LogP contribution is -1.97. The van der Waals surface area contributed by atoms with E-state index in [2.05, 4.69) is 6.92 Å². The fourth-order valence-corrected chi connectivity index (χ4v) is 2.72. The lowest BCUT2D eigenvalue weighted by molar-refractivity contribution is -0.130. The summed E-state index contributed by atoms with van der Waals surface area (Å²) in [7, 11) is 0. The number of ether oxygens (including phenoxy) is 3. The van der Waals surface area contributed by atoms with Gasteiger partial charge in [0.25, 0.3) is 0 Å². The molecule has 0 N–H and O–H groups in total. The Hall–Kier alpha value is -3.01. The third kappa shape index (κ3) is 2.67. The molecule has 24 heavy (non-hydrogen) atoms. The average Bonchev–Trinajstić information content (AvgIpc) is 3.21. The van der Waals surface area contributed by atoms with Crippen molar-refractivity contribution in [3.63, 3.8) is 0 Å². The van der Waals surface area contributed by atoms with Gasteiger partial charge in [0.1, 0.15) is 5.76 Å². The summed E-state index contributed by atoms with van der Waals surface area (Å²) in [5.74, 6) is 1.64. The predicted molar refractivity (Wildman–Crippen MR) is 90.4 cm³/mol. The fourth-order valence-electron chi connectivity index (χ4n) is 2.72. The number of cyclic esters (lactones) is 1. The van der Waals surface area contributed by atoms with Crippen LogP contribution in [0.1, 0.15) is 23.6 Å². The van der Waals surface area contributed by atoms with Crippen LogP contribution in [0.2, 0.25) is 0 Å². The number of aryl methyl sites for hydroxylation is 1. The highest BCUT2D eigenvalue weighted by atomic mass is 16.7. The molecule has 0 amide bonds. The first-order valence-electron chi connectivity index (χ1n) is 7.87. The van der Waals surface area contributed by atoms with E-state index in [1.165, 1.54) is 5.56 Å². The second-order valence-corrected chi connectivity index (χ2v) is 5.66. The zero-order valence-corrected chi connectivity index (χ0v) is 13.2. The smallest absolute Gasteiger partial charge is 0.343 e. The predicted octanol–water partition coefficient (Wildman–Crippen LogP) is 3.96. The molecule has 0 atom stereocenters. The van der Waals surface area contributed by atoms with E-state index in [9.17, 15) is 4.79 Å². The minimum absolute atomic E-state index is 0.231. The standard InChI is InChI=1S/C20H16O4/c1-2-13-3-6-15(7-4-13)18-11-16(20(21)24-18)9-14-5-8-17-19(10-14)23-12-22-17/h3-11H,2,12H2,1H3/b16-9-. The molecule has 2 aromatic carbocycles. The van der Waals surface area contributed by atoms with E-state index < -0.39 is 0 Å². The van der Waals surface area contributed by atoms with Gasteiger partial charge in [-0.2, -0.15) is 0 Å². The lowest BCUT2D eigenvalue weighted by Gasteiger charge is -2.02. The van der Waals surface area contributed by atoms with Crippen LogP contribution >= 0.6 is 0 Å². The molecule has 0 bridgehead atoms. The molecule has 2 aliphatic rings. The monoisotopic (exact) mass is 320 g/mol. The van der Waals surface area contributed by atoms with E-state index in [0.29, 0.717) is 17.1 Å². The molecule has 0 saturated heterocycles. The van der Waals surface area contributed by atoms with Crippen LogP contribution in [-0.4, -0.2) is 12.8 Å². The van der Waals surface area contributed by atoms with Gasteiger partial charge >= 0.3 is 5.97 Å². The van der Waals surface area contributed by atoms with Gasteiger partial charge in [-0.05, 0) is 41.8 Å². The highest BCUT2D eigenvalue weighted by Crippen LogP contribution is 2.34. The van der Waals surface area contributed by atoms with Crippen molar-refractivity contribution in [2.45, 2.75) is 13.3 Å². The lowest BCUT2D eigenvalue weighted by atomic mass is 10.1. The minimum Gasteiger partial charge on any atom is -0.454 e. The van der Waals surface area contributed by atoms with Crippen LogP contribution in [-0.2, 0) is 16.0 Å². The Balaban J connectivity index is 1.63. The number of carbonyl (C=O) groups is 1. The van der Waals surface area contributed by atoms with Gasteiger partial charge in [0.15, 0.2) is 11.5 Å². The molecular weight excluding hydrogens is 304 g/mol. The Labute approximate surface area is 140 Å². The normalized spacial score (nSPS) is 17.1. The Morgan fingerprint density at radius 2 is 1.83 bits per heavy atom. The van der Waals surface area contributed by atoms with E-state index in [0.717, 1.165) is 23.3 Å². The number of fused-ring (bicyclic) bond motifs is 1. The van der Waals surface area contributed by atoms with Gasteiger partial charge < -0.3 is 14.2 Å². The molecule has 2 aromatic rings. The summed E-state index contributed by atoms with van der Waals surface area (Å²) in [6, 6.07) is 13.6. The molecule has 2 aliphatic heterocycles. The zero-order valence-electron chi connectivity index (χ0n) is 13.2. The van der Waals surface area contributed by atoms with E-state index in [4.69, 9.17) is 14.2 Å². The van der Waals surface area contributed by atoms with Crippen molar-refractivity contribution in [1.29, 1.82) is 0 Å². The van der Waals surface area contributed by atoms with Crippen molar-refractivity contribution >= 4 is 17.8 Å². The second kappa shape index (κ2) is 5.89. The highest BCUT2D eigenvalue weighted by Gasteiger charge is 2.22. The molecule has 120 valence electrons. The first-order chi connectivity index (χ1) is 11.7. The van der Waals surface area contributed by atoms with Crippen molar-refractivity contribution in [3.05, 3.63) is 70.8 Å². The van der Waals surface area contributed by atoms with Crippen LogP contribution < -0.4 is 9.47 Å². The van der Waals surface area contributed by atoms with Crippen LogP contribution in [0.15, 0.2) is 54.1 Å². The maximum Gasteiger partial charge on any atom is 0.343 e. The summed E-state index contributed by atoms with van der Waals surface area (Å²) in [5, 5.41) is 0. The van der Waals surface area contributed by atoms with Crippen molar-refractivity contribution < 1.29 is 19.0 Å². The van der Waals surface area contributed by atoms with Crippen molar-refractivity contribution in [2.24, 2.45) is 0 Å². The summed E-state index contributed by atoms with van der Waals surface area (Å²) < 4.78 is 16.0. The van der Waals surface area contributed by atoms with Crippen molar-refractivity contribution in [1.82, 2.24) is 0 Å². The minimum atomic E-state index is -0.345. The van der Waals surface area contributed by atoms with Crippen LogP contribution in [0.4, 0.5) is 0 Å². The van der Waals surface area contributed by atoms with E-state index >= 15 is 0 Å². The molecule has 0 aromatic heterocycles. The molecule has 0 radical (unpaired) electrons. The zero-order chi connectivity index (χ0) is 16.5. The van der Waals surface area contributed by atoms with E-state index in [-0.39, 0.29) is 12.8 Å². The Morgan fingerprint density at radius 1 is 1.04 bits per heavy atom. The van der Waals surface area contributed by atoms with Crippen LogP contribution in [0.5, 0.6) is 11.5 Å². The third-order valence-corrected chi connectivity index (χ3v) is 4.09. The molecule has 0 spiro atoms. The largest absolute Gasteiger partial charge is 0.454 e. The van der Waals surface area contributed by atoms with Gasteiger partial charge in [-0.15, -0.1) is 0 Å². The summed E-state index contributed by atoms with van der Waals surface area (Å²) in [6.45, 7) is 2.34. The highest BCUT2D eigenvalue weighted by molar-refractivity contribution is 6.05. The van der Waals surface area contributed by atoms with E-state index in [1.807, 2.05) is 42.5 Å². The number of rotatable bonds is 3. The maximum atomic E-state index is 12.1. The van der Waals surface area contributed by atoms with Gasteiger partial charge in [0, 0.05) is 5.56 Å². The number of hydrogen-bond acceptors (Lipinski definition) is 4. The summed E-state index contributed by atoms with van der Waals surface area (Å²) in [6.07, 6.45) is 4.54. The molecule has 4 heteroatoms. The number of hydrogen-bond donors (Lipinski definition) is 0. The SMILES string of the molecule is CCc1ccc(C2=C/C(=C/c3ccc4c(c3)OCO4)C(=O)O2)cc1. The third-order valence-electron chi connectivity index (χ3n) is 4.09. The van der Waals surface area contributed by atoms with Crippen LogP contribution in [0.3, 0.4) is 0 Å². The Morgan fingerprint density at radius 3 is 2.62 bits per heavy atom. The molecule has 0 unspecified atom stereocenters. The summed E-state index contributed by atoms with van der Waals surface area (Å²) >= 11 is 0. The number of carbonyl (C=O) groups excluding carboxylic acids is 1. The molecule has 2 heterocycles. The van der Waals surface area contributed by atoms with Gasteiger partial charge in [-0.25, -0.2) is 4.79 Å². The van der Waals surface area contributed by atoms with E-state index in [1.54, 1.807) is 12.2 Å². The average molecular weight is 320 g/mol. The Bertz CT molecular complexity index is 860. The fraction of sp³-hybridized carbons (Fsp3) is 0.150. The molecule has 4 nitrogen and oxygen atoms in total.